The highest BCUT2D eigenvalue weighted by Crippen LogP contribution is 2.26. The molecule has 0 unspecified atom stereocenters. The van der Waals surface area contributed by atoms with E-state index in [1.807, 2.05) is 36.6 Å². The second kappa shape index (κ2) is 6.80. The Labute approximate surface area is 167 Å². The highest BCUT2D eigenvalue weighted by atomic mass is 16.1. The zero-order valence-corrected chi connectivity index (χ0v) is 16.4. The topological polar surface area (TPSA) is 81.2 Å². The average molecular weight is 387 g/mol. The molecule has 1 fully saturated rings. The molecule has 0 spiro atoms. The van der Waals surface area contributed by atoms with E-state index in [0.717, 1.165) is 47.2 Å². The minimum Gasteiger partial charge on any atom is -0.356 e. The molecule has 0 aliphatic carbocycles. The summed E-state index contributed by atoms with van der Waals surface area (Å²) in [6.45, 7) is 6.27. The van der Waals surface area contributed by atoms with E-state index in [2.05, 4.69) is 31.1 Å². The lowest BCUT2D eigenvalue weighted by molar-refractivity contribution is 0.332. The third-order valence-electron chi connectivity index (χ3n) is 5.21. The lowest BCUT2D eigenvalue weighted by Gasteiger charge is -2.40. The molecule has 8 heteroatoms. The highest BCUT2D eigenvalue weighted by Gasteiger charge is 2.30. The molecular formula is C21H21N7O. The maximum absolute atomic E-state index is 12.3. The van der Waals surface area contributed by atoms with Crippen molar-refractivity contribution in [1.29, 1.82) is 0 Å². The van der Waals surface area contributed by atoms with Crippen molar-refractivity contribution in [1.82, 2.24) is 29.4 Å². The first-order chi connectivity index (χ1) is 14.1. The molecule has 29 heavy (non-hydrogen) atoms. The Morgan fingerprint density at radius 3 is 2.59 bits per heavy atom. The van der Waals surface area contributed by atoms with Gasteiger partial charge in [0, 0.05) is 60.9 Å². The van der Waals surface area contributed by atoms with Crippen molar-refractivity contribution in [3.63, 3.8) is 0 Å². The van der Waals surface area contributed by atoms with Crippen LogP contribution in [-0.2, 0) is 6.54 Å². The van der Waals surface area contributed by atoms with Crippen molar-refractivity contribution in [2.75, 3.05) is 18.0 Å². The van der Waals surface area contributed by atoms with Crippen LogP contribution >= 0.6 is 0 Å². The van der Waals surface area contributed by atoms with Gasteiger partial charge in [0.1, 0.15) is 5.82 Å². The van der Waals surface area contributed by atoms with Crippen LogP contribution in [0.1, 0.15) is 11.4 Å². The Hall–Kier alpha value is -3.55. The van der Waals surface area contributed by atoms with Gasteiger partial charge in [-0.3, -0.25) is 9.78 Å². The molecule has 0 aromatic carbocycles. The number of fused-ring (bicyclic) bond motifs is 1. The fraction of sp³-hybridized carbons (Fsp3) is 0.286. The summed E-state index contributed by atoms with van der Waals surface area (Å²) in [7, 11) is 0. The highest BCUT2D eigenvalue weighted by molar-refractivity contribution is 5.57. The summed E-state index contributed by atoms with van der Waals surface area (Å²) in [6, 6.07) is 11.2. The molecule has 0 N–H and O–H groups in total. The third-order valence-corrected chi connectivity index (χ3v) is 5.21. The van der Waals surface area contributed by atoms with E-state index in [1.54, 1.807) is 29.2 Å². The first kappa shape index (κ1) is 17.5. The number of aryl methyl sites for hydroxylation is 2. The molecule has 0 amide bonds. The SMILES string of the molecule is Cc1cc(N2CC(Cn3nc(-c4ccncc4)ccc3=O)C2)n2nc(C)cc2n1. The third kappa shape index (κ3) is 3.26. The Morgan fingerprint density at radius 2 is 1.79 bits per heavy atom. The van der Waals surface area contributed by atoms with Crippen LogP contribution in [0.5, 0.6) is 0 Å². The summed E-state index contributed by atoms with van der Waals surface area (Å²) >= 11 is 0. The second-order valence-corrected chi connectivity index (χ2v) is 7.56. The van der Waals surface area contributed by atoms with E-state index in [1.165, 1.54) is 0 Å². The second-order valence-electron chi connectivity index (χ2n) is 7.56. The minimum absolute atomic E-state index is 0.0777. The maximum atomic E-state index is 12.3. The first-order valence-electron chi connectivity index (χ1n) is 9.64. The molecule has 0 bridgehead atoms. The number of hydrogen-bond donors (Lipinski definition) is 0. The van der Waals surface area contributed by atoms with Crippen LogP contribution in [0.15, 0.2) is 53.6 Å². The molecule has 0 saturated carbocycles. The number of aromatic nitrogens is 6. The van der Waals surface area contributed by atoms with E-state index in [9.17, 15) is 4.79 Å². The molecule has 0 atom stereocenters. The standard InChI is InChI=1S/C21H21N7O/c1-14-10-20(28-19(23-14)9-15(2)24-28)26-11-16(12-26)13-27-21(29)4-3-18(25-27)17-5-7-22-8-6-17/h3-10,16H,11-13H2,1-2H3. The first-order valence-corrected chi connectivity index (χ1v) is 9.64. The van der Waals surface area contributed by atoms with Gasteiger partial charge in [-0.1, -0.05) is 0 Å². The lowest BCUT2D eigenvalue weighted by Crippen LogP contribution is -2.50. The number of rotatable bonds is 4. The van der Waals surface area contributed by atoms with Crippen LogP contribution in [0.3, 0.4) is 0 Å². The van der Waals surface area contributed by atoms with E-state index in [4.69, 9.17) is 0 Å². The number of hydrogen-bond acceptors (Lipinski definition) is 6. The fourth-order valence-corrected chi connectivity index (χ4v) is 3.79. The van der Waals surface area contributed by atoms with Gasteiger partial charge in [-0.2, -0.15) is 14.7 Å². The van der Waals surface area contributed by atoms with Gasteiger partial charge < -0.3 is 4.90 Å². The number of pyridine rings is 1. The van der Waals surface area contributed by atoms with Gasteiger partial charge in [0.25, 0.3) is 5.56 Å². The normalized spacial score (nSPS) is 14.3. The Balaban J connectivity index is 1.34. The molecule has 5 heterocycles. The van der Waals surface area contributed by atoms with Crippen LogP contribution in [-0.4, -0.2) is 42.5 Å². The molecule has 1 saturated heterocycles. The van der Waals surface area contributed by atoms with Gasteiger partial charge in [0.05, 0.1) is 17.9 Å². The van der Waals surface area contributed by atoms with Crippen molar-refractivity contribution in [2.45, 2.75) is 20.4 Å². The van der Waals surface area contributed by atoms with E-state index >= 15 is 0 Å². The Bertz CT molecular complexity index is 1240. The van der Waals surface area contributed by atoms with Crippen LogP contribution in [0.25, 0.3) is 16.9 Å². The maximum Gasteiger partial charge on any atom is 0.266 e. The summed E-state index contributed by atoms with van der Waals surface area (Å²) in [5.41, 5.74) is 4.44. The van der Waals surface area contributed by atoms with Crippen LogP contribution in [0.2, 0.25) is 0 Å². The Morgan fingerprint density at radius 1 is 1.00 bits per heavy atom. The average Bonchev–Trinajstić information content (AvgIpc) is 3.06. The van der Waals surface area contributed by atoms with Crippen LogP contribution < -0.4 is 10.5 Å². The molecule has 8 nitrogen and oxygen atoms in total. The monoisotopic (exact) mass is 387 g/mol. The summed E-state index contributed by atoms with van der Waals surface area (Å²) in [4.78, 5) is 23.2. The summed E-state index contributed by atoms with van der Waals surface area (Å²) in [6.07, 6.45) is 3.45. The van der Waals surface area contributed by atoms with E-state index in [-0.39, 0.29) is 5.56 Å². The molecule has 1 aliphatic rings. The summed E-state index contributed by atoms with van der Waals surface area (Å²) < 4.78 is 3.47. The van der Waals surface area contributed by atoms with Crippen LogP contribution in [0.4, 0.5) is 5.82 Å². The zero-order valence-electron chi connectivity index (χ0n) is 16.4. The van der Waals surface area contributed by atoms with E-state index in [0.29, 0.717) is 12.5 Å². The van der Waals surface area contributed by atoms with Crippen LogP contribution in [0, 0.1) is 19.8 Å². The summed E-state index contributed by atoms with van der Waals surface area (Å²) in [5.74, 6) is 1.40. The smallest absolute Gasteiger partial charge is 0.266 e. The van der Waals surface area contributed by atoms with Gasteiger partial charge >= 0.3 is 0 Å². The van der Waals surface area contributed by atoms with Crippen molar-refractivity contribution < 1.29 is 0 Å². The predicted molar refractivity (Wildman–Crippen MR) is 110 cm³/mol. The minimum atomic E-state index is -0.0777. The number of anilines is 1. The molecule has 0 radical (unpaired) electrons. The summed E-state index contributed by atoms with van der Waals surface area (Å²) in [5, 5.41) is 9.13. The van der Waals surface area contributed by atoms with Gasteiger partial charge in [-0.05, 0) is 32.0 Å². The van der Waals surface area contributed by atoms with Crippen molar-refractivity contribution in [3.05, 3.63) is 70.5 Å². The van der Waals surface area contributed by atoms with Gasteiger partial charge in [-0.15, -0.1) is 0 Å². The van der Waals surface area contributed by atoms with Gasteiger partial charge in [-0.25, -0.2) is 9.67 Å². The van der Waals surface area contributed by atoms with Crippen molar-refractivity contribution in [2.24, 2.45) is 5.92 Å². The molecule has 4 aromatic heterocycles. The van der Waals surface area contributed by atoms with Gasteiger partial charge in [0.2, 0.25) is 0 Å². The van der Waals surface area contributed by atoms with E-state index < -0.39 is 0 Å². The quantitative estimate of drug-likeness (QED) is 0.533. The van der Waals surface area contributed by atoms with Gasteiger partial charge in [0.15, 0.2) is 5.65 Å². The predicted octanol–water partition coefficient (Wildman–Crippen LogP) is 2.10. The van der Waals surface area contributed by atoms with Crippen molar-refractivity contribution >= 4 is 11.5 Å². The molecule has 5 rings (SSSR count). The number of nitrogens with zero attached hydrogens (tertiary/aromatic N) is 7. The lowest BCUT2D eigenvalue weighted by atomic mass is 10.0. The molecular weight excluding hydrogens is 366 g/mol. The largest absolute Gasteiger partial charge is 0.356 e. The molecule has 4 aromatic rings. The Kier molecular flexibility index (Phi) is 4.12. The molecule has 146 valence electrons. The van der Waals surface area contributed by atoms with Crippen molar-refractivity contribution in [3.8, 4) is 11.3 Å². The fourth-order valence-electron chi connectivity index (χ4n) is 3.79. The zero-order chi connectivity index (χ0) is 20.0. The molecule has 1 aliphatic heterocycles.